The summed E-state index contributed by atoms with van der Waals surface area (Å²) in [5.41, 5.74) is 2.30. The van der Waals surface area contributed by atoms with E-state index in [4.69, 9.17) is 16.3 Å². The Balaban J connectivity index is 0.00000364. The number of halogens is 2. The van der Waals surface area contributed by atoms with E-state index >= 15 is 0 Å². The van der Waals surface area contributed by atoms with Gasteiger partial charge in [-0.2, -0.15) is 0 Å². The van der Waals surface area contributed by atoms with Crippen LogP contribution in [-0.4, -0.2) is 45.7 Å². The van der Waals surface area contributed by atoms with Gasteiger partial charge in [0, 0.05) is 25.2 Å². The molecule has 2 aromatic rings. The molecule has 0 aliphatic heterocycles. The van der Waals surface area contributed by atoms with Gasteiger partial charge in [-0.15, -0.1) is 24.0 Å². The van der Waals surface area contributed by atoms with Crippen molar-refractivity contribution in [2.45, 2.75) is 12.6 Å². The van der Waals surface area contributed by atoms with E-state index in [1.165, 1.54) is 5.56 Å². The zero-order valence-electron chi connectivity index (χ0n) is 16.2. The van der Waals surface area contributed by atoms with Crippen LogP contribution in [0.5, 0.6) is 5.75 Å². The molecule has 5 nitrogen and oxygen atoms in total. The van der Waals surface area contributed by atoms with E-state index in [1.807, 2.05) is 36.4 Å². The fraction of sp³-hybridized carbons (Fsp3) is 0.350. The third kappa shape index (κ3) is 7.56. The summed E-state index contributed by atoms with van der Waals surface area (Å²) in [5.74, 6) is 1.61. The maximum absolute atomic E-state index is 6.03. The van der Waals surface area contributed by atoms with Crippen LogP contribution in [0, 0.1) is 0 Å². The van der Waals surface area contributed by atoms with Crippen LogP contribution >= 0.6 is 35.6 Å². The van der Waals surface area contributed by atoms with Crippen LogP contribution in [0.25, 0.3) is 0 Å². The van der Waals surface area contributed by atoms with Crippen molar-refractivity contribution in [3.05, 3.63) is 64.7 Å². The summed E-state index contributed by atoms with van der Waals surface area (Å²) in [7, 11) is 7.58. The minimum atomic E-state index is 0. The summed E-state index contributed by atoms with van der Waals surface area (Å²) in [4.78, 5) is 6.48. The fourth-order valence-corrected chi connectivity index (χ4v) is 2.91. The lowest BCUT2D eigenvalue weighted by Gasteiger charge is -2.26. The van der Waals surface area contributed by atoms with E-state index in [0.717, 1.165) is 28.8 Å². The summed E-state index contributed by atoms with van der Waals surface area (Å²) < 4.78 is 5.34. The molecular formula is C20H28ClIN4O. The number of guanidine groups is 1. The third-order valence-corrected chi connectivity index (χ3v) is 4.37. The molecule has 0 aliphatic carbocycles. The summed E-state index contributed by atoms with van der Waals surface area (Å²) in [6, 6.07) is 16.1. The van der Waals surface area contributed by atoms with Crippen molar-refractivity contribution in [2.24, 2.45) is 4.99 Å². The van der Waals surface area contributed by atoms with Crippen molar-refractivity contribution < 1.29 is 4.74 Å². The number of benzene rings is 2. The number of nitrogens with zero attached hydrogens (tertiary/aromatic N) is 2. The molecule has 7 heteroatoms. The molecule has 0 aliphatic rings. The molecule has 1 atom stereocenters. The van der Waals surface area contributed by atoms with Gasteiger partial charge < -0.3 is 20.3 Å². The highest BCUT2D eigenvalue weighted by molar-refractivity contribution is 14.0. The molecule has 0 heterocycles. The first kappa shape index (κ1) is 23.5. The Morgan fingerprint density at radius 1 is 1.15 bits per heavy atom. The predicted octanol–water partition coefficient (Wildman–Crippen LogP) is 3.93. The van der Waals surface area contributed by atoms with Crippen molar-refractivity contribution in [2.75, 3.05) is 34.8 Å². The predicted molar refractivity (Wildman–Crippen MR) is 124 cm³/mol. The minimum absolute atomic E-state index is 0. The van der Waals surface area contributed by atoms with Crippen LogP contribution in [0.4, 0.5) is 0 Å². The van der Waals surface area contributed by atoms with E-state index in [-0.39, 0.29) is 30.0 Å². The average Bonchev–Trinajstić information content (AvgIpc) is 2.64. The highest BCUT2D eigenvalue weighted by atomic mass is 127. The van der Waals surface area contributed by atoms with Crippen molar-refractivity contribution in [1.82, 2.24) is 15.5 Å². The van der Waals surface area contributed by atoms with E-state index < -0.39 is 0 Å². The Labute approximate surface area is 184 Å². The highest BCUT2D eigenvalue weighted by Gasteiger charge is 2.15. The lowest BCUT2D eigenvalue weighted by atomic mass is 10.1. The minimum Gasteiger partial charge on any atom is -0.497 e. The zero-order chi connectivity index (χ0) is 18.9. The van der Waals surface area contributed by atoms with Gasteiger partial charge in [-0.05, 0) is 49.5 Å². The number of rotatable bonds is 7. The average molecular weight is 503 g/mol. The van der Waals surface area contributed by atoms with Gasteiger partial charge in [-0.1, -0.05) is 35.9 Å². The van der Waals surface area contributed by atoms with Gasteiger partial charge in [0.05, 0.1) is 13.2 Å². The van der Waals surface area contributed by atoms with Gasteiger partial charge in [-0.25, -0.2) is 0 Å². The number of methoxy groups -OCH3 is 1. The second kappa shape index (κ2) is 12.0. The lowest BCUT2D eigenvalue weighted by molar-refractivity contribution is 0.297. The molecule has 0 bridgehead atoms. The topological polar surface area (TPSA) is 48.9 Å². The molecule has 2 N–H and O–H groups in total. The molecule has 2 rings (SSSR count). The second-order valence-electron chi connectivity index (χ2n) is 6.19. The van der Waals surface area contributed by atoms with Crippen LogP contribution in [0.1, 0.15) is 17.2 Å². The first-order chi connectivity index (χ1) is 12.5. The molecule has 0 spiro atoms. The number of likely N-dealkylation sites (N-methyl/N-ethyl adjacent to an activating group) is 1. The summed E-state index contributed by atoms with van der Waals surface area (Å²) in [5, 5.41) is 7.45. The molecule has 27 heavy (non-hydrogen) atoms. The Morgan fingerprint density at radius 3 is 2.52 bits per heavy atom. The van der Waals surface area contributed by atoms with Gasteiger partial charge in [0.1, 0.15) is 5.75 Å². The van der Waals surface area contributed by atoms with E-state index in [2.05, 4.69) is 46.8 Å². The van der Waals surface area contributed by atoms with Gasteiger partial charge >= 0.3 is 0 Å². The molecule has 0 amide bonds. The third-order valence-electron chi connectivity index (χ3n) is 4.14. The summed E-state index contributed by atoms with van der Waals surface area (Å²) in [6.07, 6.45) is 0. The quantitative estimate of drug-likeness (QED) is 0.342. The van der Waals surface area contributed by atoms with E-state index in [9.17, 15) is 0 Å². The number of ether oxygens (including phenoxy) is 1. The fourth-order valence-electron chi connectivity index (χ4n) is 2.69. The Bertz CT molecular complexity index is 739. The van der Waals surface area contributed by atoms with E-state index in [0.29, 0.717) is 6.54 Å². The molecule has 0 fully saturated rings. The monoisotopic (exact) mass is 502 g/mol. The van der Waals surface area contributed by atoms with Crippen LogP contribution in [0.15, 0.2) is 53.5 Å². The molecule has 148 valence electrons. The molecule has 1 unspecified atom stereocenters. The smallest absolute Gasteiger partial charge is 0.191 e. The van der Waals surface area contributed by atoms with Gasteiger partial charge in [0.25, 0.3) is 0 Å². The number of hydrogen-bond donors (Lipinski definition) is 2. The van der Waals surface area contributed by atoms with Crippen molar-refractivity contribution in [3.63, 3.8) is 0 Å². The maximum Gasteiger partial charge on any atom is 0.191 e. The molecule has 0 saturated heterocycles. The van der Waals surface area contributed by atoms with Gasteiger partial charge in [-0.3, -0.25) is 4.99 Å². The largest absolute Gasteiger partial charge is 0.497 e. The molecular weight excluding hydrogens is 475 g/mol. The highest BCUT2D eigenvalue weighted by Crippen LogP contribution is 2.22. The molecule has 2 aromatic carbocycles. The number of aliphatic imine (C=N–C) groups is 1. The van der Waals surface area contributed by atoms with Crippen molar-refractivity contribution in [3.8, 4) is 5.75 Å². The van der Waals surface area contributed by atoms with E-state index in [1.54, 1.807) is 14.2 Å². The normalized spacial score (nSPS) is 12.3. The summed E-state index contributed by atoms with van der Waals surface area (Å²) in [6.45, 7) is 1.38. The molecule has 0 aromatic heterocycles. The van der Waals surface area contributed by atoms with Gasteiger partial charge in [0.2, 0.25) is 0 Å². The van der Waals surface area contributed by atoms with Crippen LogP contribution in [0.2, 0.25) is 5.02 Å². The maximum atomic E-state index is 6.03. The van der Waals surface area contributed by atoms with Crippen molar-refractivity contribution >= 4 is 41.5 Å². The standard InChI is InChI=1S/C20H27ClN4O.HI/c1-22-20(23-13-15-7-5-9-17(21)11-15)24-14-19(25(2)3)16-8-6-10-18(12-16)26-4;/h5-12,19H,13-14H2,1-4H3,(H2,22,23,24);1H. The summed E-state index contributed by atoms with van der Waals surface area (Å²) >= 11 is 6.03. The van der Waals surface area contributed by atoms with Crippen LogP contribution < -0.4 is 15.4 Å². The Kier molecular flexibility index (Phi) is 10.5. The number of hydrogen-bond acceptors (Lipinski definition) is 3. The van der Waals surface area contributed by atoms with Gasteiger partial charge in [0.15, 0.2) is 5.96 Å². The van der Waals surface area contributed by atoms with Crippen LogP contribution in [0.3, 0.4) is 0 Å². The number of nitrogens with one attached hydrogen (secondary N) is 2. The van der Waals surface area contributed by atoms with Crippen molar-refractivity contribution in [1.29, 1.82) is 0 Å². The second-order valence-corrected chi connectivity index (χ2v) is 6.63. The first-order valence-corrected chi connectivity index (χ1v) is 8.90. The lowest BCUT2D eigenvalue weighted by Crippen LogP contribution is -2.41. The first-order valence-electron chi connectivity index (χ1n) is 8.53. The molecule has 0 saturated carbocycles. The Morgan fingerprint density at radius 2 is 1.89 bits per heavy atom. The molecule has 0 radical (unpaired) electrons. The Hall–Kier alpha value is -1.51. The zero-order valence-corrected chi connectivity index (χ0v) is 19.3. The SMILES string of the molecule is CN=C(NCc1cccc(Cl)c1)NCC(c1cccc(OC)c1)N(C)C.I. The van der Waals surface area contributed by atoms with Crippen LogP contribution in [-0.2, 0) is 6.54 Å².